The molecule has 150 valence electrons. The number of hydrogen-bond acceptors (Lipinski definition) is 2. The fourth-order valence-corrected chi connectivity index (χ4v) is 4.70. The normalized spacial score (nSPS) is 21.9. The Bertz CT molecular complexity index is 950. The third kappa shape index (κ3) is 3.95. The van der Waals surface area contributed by atoms with Gasteiger partial charge in [-0.3, -0.25) is 0 Å². The van der Waals surface area contributed by atoms with Crippen LogP contribution < -0.4 is 0 Å². The van der Waals surface area contributed by atoms with E-state index in [0.717, 1.165) is 34.9 Å². The molecule has 5 rings (SSSR count). The van der Waals surface area contributed by atoms with Crippen LogP contribution in [0, 0.1) is 32.6 Å². The molecular formula is C27H30O2. The van der Waals surface area contributed by atoms with Crippen LogP contribution in [0.25, 0.3) is 22.3 Å². The maximum atomic E-state index is 10.5. The molecule has 0 amide bonds. The quantitative estimate of drug-likeness (QED) is 0.533. The van der Waals surface area contributed by atoms with Gasteiger partial charge >= 0.3 is 0 Å². The molecule has 3 aromatic rings. The lowest BCUT2D eigenvalue weighted by molar-refractivity contribution is 0.159. The summed E-state index contributed by atoms with van der Waals surface area (Å²) in [6, 6.07) is 20.3. The SMILES string of the molecule is Cc1ccccc1-c1c(C)ccc(O)c1-c1ccccc1C.OC1CCC2CC12. The minimum absolute atomic E-state index is 0.0880. The Hall–Kier alpha value is -2.58. The van der Waals surface area contributed by atoms with Crippen molar-refractivity contribution >= 4 is 0 Å². The van der Waals surface area contributed by atoms with Crippen LogP contribution in [-0.2, 0) is 0 Å². The van der Waals surface area contributed by atoms with E-state index in [-0.39, 0.29) is 6.10 Å². The summed E-state index contributed by atoms with van der Waals surface area (Å²) >= 11 is 0. The van der Waals surface area contributed by atoms with Crippen LogP contribution in [-0.4, -0.2) is 16.3 Å². The number of aliphatic hydroxyl groups excluding tert-OH is 1. The minimum Gasteiger partial charge on any atom is -0.507 e. The number of aromatic hydroxyl groups is 1. The van der Waals surface area contributed by atoms with E-state index in [1.165, 1.54) is 35.1 Å². The summed E-state index contributed by atoms with van der Waals surface area (Å²) in [5.74, 6) is 2.01. The maximum Gasteiger partial charge on any atom is 0.124 e. The van der Waals surface area contributed by atoms with Crippen LogP contribution >= 0.6 is 0 Å². The summed E-state index contributed by atoms with van der Waals surface area (Å²) in [5.41, 5.74) is 7.85. The Kier molecular flexibility index (Phi) is 5.47. The van der Waals surface area contributed by atoms with Crippen LogP contribution in [0.3, 0.4) is 0 Å². The number of benzene rings is 3. The lowest BCUT2D eigenvalue weighted by Gasteiger charge is -2.18. The van der Waals surface area contributed by atoms with Gasteiger partial charge in [-0.2, -0.15) is 0 Å². The Morgan fingerprint density at radius 2 is 1.28 bits per heavy atom. The van der Waals surface area contributed by atoms with Crippen LogP contribution in [0.1, 0.15) is 36.0 Å². The third-order valence-electron chi connectivity index (χ3n) is 6.53. The molecule has 0 bridgehead atoms. The average molecular weight is 387 g/mol. The zero-order valence-corrected chi connectivity index (χ0v) is 17.5. The smallest absolute Gasteiger partial charge is 0.124 e. The first-order chi connectivity index (χ1) is 14.0. The van der Waals surface area contributed by atoms with Crippen molar-refractivity contribution in [3.8, 4) is 28.0 Å². The summed E-state index contributed by atoms with van der Waals surface area (Å²) in [6.45, 7) is 6.29. The van der Waals surface area contributed by atoms with E-state index in [1.807, 2.05) is 30.3 Å². The Balaban J connectivity index is 0.000000243. The fourth-order valence-electron chi connectivity index (χ4n) is 4.70. The molecule has 2 aliphatic rings. The van der Waals surface area contributed by atoms with Crippen molar-refractivity contribution in [3.05, 3.63) is 77.4 Å². The van der Waals surface area contributed by atoms with Crippen molar-refractivity contribution in [1.82, 2.24) is 0 Å². The number of phenolic OH excluding ortho intramolecular Hbond substituents is 1. The van der Waals surface area contributed by atoms with Gasteiger partial charge in [-0.1, -0.05) is 54.6 Å². The molecule has 29 heavy (non-hydrogen) atoms. The molecule has 0 saturated heterocycles. The van der Waals surface area contributed by atoms with E-state index < -0.39 is 0 Å². The zero-order valence-electron chi connectivity index (χ0n) is 17.5. The lowest BCUT2D eigenvalue weighted by Crippen LogP contribution is -2.02. The first-order valence-electron chi connectivity index (χ1n) is 10.6. The van der Waals surface area contributed by atoms with Crippen molar-refractivity contribution in [2.24, 2.45) is 11.8 Å². The van der Waals surface area contributed by atoms with Crippen LogP contribution in [0.4, 0.5) is 0 Å². The Morgan fingerprint density at radius 1 is 0.690 bits per heavy atom. The molecule has 2 nitrogen and oxygen atoms in total. The lowest BCUT2D eigenvalue weighted by atomic mass is 9.87. The number of aliphatic hydroxyl groups is 1. The third-order valence-corrected chi connectivity index (χ3v) is 6.53. The molecule has 0 aliphatic heterocycles. The van der Waals surface area contributed by atoms with Gasteiger partial charge in [-0.25, -0.2) is 0 Å². The summed E-state index contributed by atoms with van der Waals surface area (Å²) < 4.78 is 0. The minimum atomic E-state index is 0.0880. The predicted molar refractivity (Wildman–Crippen MR) is 120 cm³/mol. The summed E-state index contributed by atoms with van der Waals surface area (Å²) in [6.07, 6.45) is 3.78. The molecule has 3 aromatic carbocycles. The summed E-state index contributed by atoms with van der Waals surface area (Å²) in [4.78, 5) is 0. The second kappa shape index (κ2) is 8.04. The highest BCUT2D eigenvalue weighted by molar-refractivity contribution is 5.91. The van der Waals surface area contributed by atoms with Gasteiger partial charge in [-0.15, -0.1) is 0 Å². The molecule has 2 saturated carbocycles. The van der Waals surface area contributed by atoms with Gasteiger partial charge in [0.2, 0.25) is 0 Å². The van der Waals surface area contributed by atoms with Crippen molar-refractivity contribution < 1.29 is 10.2 Å². The van der Waals surface area contributed by atoms with Gasteiger partial charge in [0.15, 0.2) is 0 Å². The summed E-state index contributed by atoms with van der Waals surface area (Å²) in [7, 11) is 0. The topological polar surface area (TPSA) is 40.5 Å². The molecule has 0 aromatic heterocycles. The monoisotopic (exact) mass is 386 g/mol. The molecule has 0 heterocycles. The Labute approximate surface area is 173 Å². The highest BCUT2D eigenvalue weighted by Crippen LogP contribution is 2.51. The van der Waals surface area contributed by atoms with E-state index in [0.29, 0.717) is 5.75 Å². The van der Waals surface area contributed by atoms with Gasteiger partial charge in [-0.05, 0) is 91.3 Å². The molecular weight excluding hydrogens is 356 g/mol. The van der Waals surface area contributed by atoms with Crippen molar-refractivity contribution in [1.29, 1.82) is 0 Å². The maximum absolute atomic E-state index is 10.5. The summed E-state index contributed by atoms with van der Waals surface area (Å²) in [5, 5.41) is 19.6. The zero-order chi connectivity index (χ0) is 20.5. The molecule has 2 heteroatoms. The highest BCUT2D eigenvalue weighted by atomic mass is 16.3. The van der Waals surface area contributed by atoms with Gasteiger partial charge in [0.25, 0.3) is 0 Å². The van der Waals surface area contributed by atoms with Crippen LogP contribution in [0.15, 0.2) is 60.7 Å². The molecule has 2 fully saturated rings. The number of aryl methyl sites for hydroxylation is 3. The van der Waals surface area contributed by atoms with Crippen LogP contribution in [0.2, 0.25) is 0 Å². The van der Waals surface area contributed by atoms with Crippen molar-refractivity contribution in [2.75, 3.05) is 0 Å². The standard InChI is InChI=1S/C21H20O.C6H10O/c1-14-8-4-6-10-17(14)20-16(3)12-13-19(22)21(20)18-11-7-5-9-15(18)2;7-6-2-1-4-3-5(4)6/h4-13,22H,1-3H3;4-7H,1-3H2. The van der Waals surface area contributed by atoms with Gasteiger partial charge < -0.3 is 10.2 Å². The number of phenols is 1. The second-order valence-corrected chi connectivity index (χ2v) is 8.59. The van der Waals surface area contributed by atoms with Crippen molar-refractivity contribution in [3.63, 3.8) is 0 Å². The molecule has 2 aliphatic carbocycles. The van der Waals surface area contributed by atoms with E-state index in [9.17, 15) is 5.11 Å². The number of hydrogen-bond donors (Lipinski definition) is 2. The molecule has 0 radical (unpaired) electrons. The van der Waals surface area contributed by atoms with Crippen molar-refractivity contribution in [2.45, 2.75) is 46.1 Å². The largest absolute Gasteiger partial charge is 0.507 e. The average Bonchev–Trinajstić information content (AvgIpc) is 3.42. The number of fused-ring (bicyclic) bond motifs is 1. The highest BCUT2D eigenvalue weighted by Gasteiger charge is 2.47. The molecule has 3 atom stereocenters. The number of rotatable bonds is 2. The van der Waals surface area contributed by atoms with E-state index in [4.69, 9.17) is 5.11 Å². The second-order valence-electron chi connectivity index (χ2n) is 8.59. The van der Waals surface area contributed by atoms with E-state index in [1.54, 1.807) is 6.07 Å². The Morgan fingerprint density at radius 3 is 1.72 bits per heavy atom. The molecule has 3 unspecified atom stereocenters. The predicted octanol–water partition coefficient (Wildman–Crippen LogP) is 6.43. The molecule has 2 N–H and O–H groups in total. The van der Waals surface area contributed by atoms with Gasteiger partial charge in [0.05, 0.1) is 6.10 Å². The molecule has 0 spiro atoms. The fraction of sp³-hybridized carbons (Fsp3) is 0.333. The van der Waals surface area contributed by atoms with E-state index in [2.05, 4.69) is 45.0 Å². The first kappa shape index (κ1) is 19.7. The van der Waals surface area contributed by atoms with Gasteiger partial charge in [0, 0.05) is 5.56 Å². The van der Waals surface area contributed by atoms with E-state index >= 15 is 0 Å². The van der Waals surface area contributed by atoms with Gasteiger partial charge in [0.1, 0.15) is 5.75 Å². The van der Waals surface area contributed by atoms with Crippen LogP contribution in [0.5, 0.6) is 5.75 Å². The first-order valence-corrected chi connectivity index (χ1v) is 10.6.